The maximum Gasteiger partial charge on any atom is 0.240 e. The second-order valence-corrected chi connectivity index (χ2v) is 6.95. The molecule has 27 heavy (non-hydrogen) atoms. The second kappa shape index (κ2) is 8.50. The zero-order valence-electron chi connectivity index (χ0n) is 15.4. The summed E-state index contributed by atoms with van der Waals surface area (Å²) in [6.07, 6.45) is 1.06. The molecule has 1 amide bonds. The molecule has 0 radical (unpaired) electrons. The molecule has 0 spiro atoms. The van der Waals surface area contributed by atoms with Crippen molar-refractivity contribution < 1.29 is 18.7 Å². The van der Waals surface area contributed by atoms with E-state index in [0.29, 0.717) is 38.4 Å². The van der Waals surface area contributed by atoms with Crippen molar-refractivity contribution in [2.75, 3.05) is 13.2 Å². The van der Waals surface area contributed by atoms with Crippen molar-refractivity contribution in [3.8, 4) is 5.75 Å². The normalized spacial score (nSPS) is 17.1. The number of halogens is 1. The van der Waals surface area contributed by atoms with Crippen LogP contribution in [0.15, 0.2) is 48.5 Å². The van der Waals surface area contributed by atoms with Gasteiger partial charge in [0, 0.05) is 13.2 Å². The molecule has 0 aromatic heterocycles. The van der Waals surface area contributed by atoms with Gasteiger partial charge < -0.3 is 20.5 Å². The molecule has 1 aliphatic heterocycles. The number of amides is 1. The van der Waals surface area contributed by atoms with E-state index >= 15 is 0 Å². The summed E-state index contributed by atoms with van der Waals surface area (Å²) in [6.45, 7) is 3.31. The topological polar surface area (TPSA) is 73.6 Å². The van der Waals surface area contributed by atoms with Gasteiger partial charge in [0.2, 0.25) is 5.91 Å². The predicted molar refractivity (Wildman–Crippen MR) is 101 cm³/mol. The Balaban J connectivity index is 1.54. The van der Waals surface area contributed by atoms with Gasteiger partial charge in [0.15, 0.2) is 0 Å². The number of nitrogens with one attached hydrogen (secondary N) is 1. The lowest BCUT2D eigenvalue weighted by atomic mass is 9.90. The molecule has 3 rings (SSSR count). The zero-order chi connectivity index (χ0) is 19.3. The lowest BCUT2D eigenvalue weighted by molar-refractivity contribution is -0.130. The Morgan fingerprint density at radius 3 is 2.44 bits per heavy atom. The van der Waals surface area contributed by atoms with Crippen LogP contribution in [0.25, 0.3) is 0 Å². The first-order chi connectivity index (χ1) is 13.0. The highest BCUT2D eigenvalue weighted by Gasteiger charge is 2.36. The Bertz CT molecular complexity index is 756. The highest BCUT2D eigenvalue weighted by Crippen LogP contribution is 2.22. The van der Waals surface area contributed by atoms with Crippen LogP contribution in [0.3, 0.4) is 0 Å². The third kappa shape index (κ3) is 5.05. The molecule has 1 saturated heterocycles. The van der Waals surface area contributed by atoms with Gasteiger partial charge in [0.1, 0.15) is 18.2 Å². The number of benzene rings is 2. The van der Waals surface area contributed by atoms with E-state index in [9.17, 15) is 9.18 Å². The predicted octanol–water partition coefficient (Wildman–Crippen LogP) is 3.09. The maximum absolute atomic E-state index is 12.9. The van der Waals surface area contributed by atoms with Crippen LogP contribution < -0.4 is 15.8 Å². The molecule has 144 valence electrons. The lowest BCUT2D eigenvalue weighted by Gasteiger charge is -2.33. The summed E-state index contributed by atoms with van der Waals surface area (Å²) in [5.41, 5.74) is 7.23. The van der Waals surface area contributed by atoms with E-state index in [1.807, 2.05) is 31.2 Å². The summed E-state index contributed by atoms with van der Waals surface area (Å²) in [5.74, 6) is 0.301. The molecule has 5 nitrogen and oxygen atoms in total. The Hall–Kier alpha value is -2.44. The standard InChI is InChI=1S/C21H25FN2O3/c1-15(24-20(25)21(23)10-12-26-13-11-21)17-4-8-19(9-5-17)27-14-16-2-6-18(22)7-3-16/h2-9,15H,10-14,23H2,1H3,(H,24,25). The number of hydrogen-bond acceptors (Lipinski definition) is 4. The molecule has 6 heteroatoms. The fourth-order valence-corrected chi connectivity index (χ4v) is 2.99. The van der Waals surface area contributed by atoms with E-state index in [-0.39, 0.29) is 17.8 Å². The van der Waals surface area contributed by atoms with Gasteiger partial charge >= 0.3 is 0 Å². The van der Waals surface area contributed by atoms with Crippen LogP contribution in [0.5, 0.6) is 5.75 Å². The van der Waals surface area contributed by atoms with Gasteiger partial charge in [-0.25, -0.2) is 4.39 Å². The Morgan fingerprint density at radius 1 is 1.19 bits per heavy atom. The van der Waals surface area contributed by atoms with E-state index in [4.69, 9.17) is 15.2 Å². The number of carbonyl (C=O) groups excluding carboxylic acids is 1. The van der Waals surface area contributed by atoms with Crippen LogP contribution in [-0.4, -0.2) is 24.7 Å². The first-order valence-corrected chi connectivity index (χ1v) is 9.11. The molecular weight excluding hydrogens is 347 g/mol. The molecule has 0 bridgehead atoms. The molecule has 1 fully saturated rings. The lowest BCUT2D eigenvalue weighted by Crippen LogP contribution is -2.57. The average Bonchev–Trinajstić information content (AvgIpc) is 2.68. The Morgan fingerprint density at radius 2 is 1.81 bits per heavy atom. The first kappa shape index (κ1) is 19.3. The van der Waals surface area contributed by atoms with Crippen LogP contribution in [0.4, 0.5) is 4.39 Å². The molecule has 1 unspecified atom stereocenters. The number of hydrogen-bond donors (Lipinski definition) is 2. The fourth-order valence-electron chi connectivity index (χ4n) is 2.99. The molecule has 1 aliphatic rings. The van der Waals surface area contributed by atoms with Crippen LogP contribution in [0, 0.1) is 5.82 Å². The smallest absolute Gasteiger partial charge is 0.240 e. The molecule has 2 aromatic carbocycles. The summed E-state index contributed by atoms with van der Waals surface area (Å²) >= 11 is 0. The van der Waals surface area contributed by atoms with Gasteiger partial charge in [-0.15, -0.1) is 0 Å². The quantitative estimate of drug-likeness (QED) is 0.817. The van der Waals surface area contributed by atoms with Crippen molar-refractivity contribution in [1.29, 1.82) is 0 Å². The van der Waals surface area contributed by atoms with E-state index in [0.717, 1.165) is 11.1 Å². The SMILES string of the molecule is CC(NC(=O)C1(N)CCOCC1)c1ccc(OCc2ccc(F)cc2)cc1. The van der Waals surface area contributed by atoms with Crippen LogP contribution in [-0.2, 0) is 16.1 Å². The number of nitrogens with two attached hydrogens (primary N) is 1. The third-order valence-corrected chi connectivity index (χ3v) is 4.88. The Labute approximate surface area is 158 Å². The fraction of sp³-hybridized carbons (Fsp3) is 0.381. The summed E-state index contributed by atoms with van der Waals surface area (Å²) < 4.78 is 23.9. The van der Waals surface area contributed by atoms with Gasteiger partial charge in [-0.1, -0.05) is 24.3 Å². The minimum Gasteiger partial charge on any atom is -0.489 e. The summed E-state index contributed by atoms with van der Waals surface area (Å²) in [7, 11) is 0. The van der Waals surface area contributed by atoms with Crippen molar-refractivity contribution in [2.24, 2.45) is 5.73 Å². The average molecular weight is 372 g/mol. The van der Waals surface area contributed by atoms with E-state index in [1.54, 1.807) is 12.1 Å². The number of carbonyl (C=O) groups is 1. The van der Waals surface area contributed by atoms with E-state index in [2.05, 4.69) is 5.32 Å². The summed E-state index contributed by atoms with van der Waals surface area (Å²) in [4.78, 5) is 12.5. The van der Waals surface area contributed by atoms with Crippen LogP contribution in [0.2, 0.25) is 0 Å². The number of rotatable bonds is 6. The largest absolute Gasteiger partial charge is 0.489 e. The van der Waals surface area contributed by atoms with Crippen molar-refractivity contribution in [3.63, 3.8) is 0 Å². The molecule has 3 N–H and O–H groups in total. The van der Waals surface area contributed by atoms with Gasteiger partial charge in [0.05, 0.1) is 11.6 Å². The molecule has 0 aliphatic carbocycles. The molecule has 2 aromatic rings. The zero-order valence-corrected chi connectivity index (χ0v) is 15.4. The van der Waals surface area contributed by atoms with Crippen LogP contribution >= 0.6 is 0 Å². The minimum atomic E-state index is -0.856. The number of ether oxygens (including phenoxy) is 2. The molecule has 1 atom stereocenters. The van der Waals surface area contributed by atoms with Crippen molar-refractivity contribution >= 4 is 5.91 Å². The Kier molecular flexibility index (Phi) is 6.08. The van der Waals surface area contributed by atoms with Crippen molar-refractivity contribution in [1.82, 2.24) is 5.32 Å². The highest BCUT2D eigenvalue weighted by molar-refractivity contribution is 5.86. The van der Waals surface area contributed by atoms with Gasteiger partial charge in [-0.05, 0) is 55.2 Å². The van der Waals surface area contributed by atoms with Crippen molar-refractivity contribution in [2.45, 2.75) is 38.0 Å². The molecule has 1 heterocycles. The van der Waals surface area contributed by atoms with Crippen molar-refractivity contribution in [3.05, 3.63) is 65.5 Å². The third-order valence-electron chi connectivity index (χ3n) is 4.88. The summed E-state index contributed by atoms with van der Waals surface area (Å²) in [6, 6.07) is 13.6. The monoisotopic (exact) mass is 372 g/mol. The molecule has 0 saturated carbocycles. The van der Waals surface area contributed by atoms with Gasteiger partial charge in [-0.2, -0.15) is 0 Å². The van der Waals surface area contributed by atoms with Gasteiger partial charge in [0.25, 0.3) is 0 Å². The maximum atomic E-state index is 12.9. The van der Waals surface area contributed by atoms with E-state index < -0.39 is 5.54 Å². The first-order valence-electron chi connectivity index (χ1n) is 9.11. The summed E-state index contributed by atoms with van der Waals surface area (Å²) in [5, 5.41) is 2.99. The molecular formula is C21H25FN2O3. The second-order valence-electron chi connectivity index (χ2n) is 6.95. The van der Waals surface area contributed by atoms with Gasteiger partial charge in [-0.3, -0.25) is 4.79 Å². The highest BCUT2D eigenvalue weighted by atomic mass is 19.1. The van der Waals surface area contributed by atoms with Crippen LogP contribution in [0.1, 0.15) is 36.9 Å². The minimum absolute atomic E-state index is 0.144. The van der Waals surface area contributed by atoms with E-state index in [1.165, 1.54) is 12.1 Å².